The summed E-state index contributed by atoms with van der Waals surface area (Å²) in [6.45, 7) is 3.47. The molecule has 0 unspecified atom stereocenters. The Hall–Kier alpha value is -0.670. The van der Waals surface area contributed by atoms with E-state index in [1.54, 1.807) is 0 Å². The summed E-state index contributed by atoms with van der Waals surface area (Å²) < 4.78 is 72.5. The van der Waals surface area contributed by atoms with Crippen LogP contribution in [0.15, 0.2) is 18.7 Å². The smallest absolute Gasteiger partial charge is 0.303 e. The molecule has 0 spiro atoms. The summed E-state index contributed by atoms with van der Waals surface area (Å²) in [6.07, 6.45) is 26.5. The Balaban J connectivity index is 0. The number of hydrogen-bond donors (Lipinski definition) is 3. The second kappa shape index (κ2) is 16.1. The van der Waals surface area contributed by atoms with Crippen LogP contribution in [0.3, 0.4) is 0 Å². The van der Waals surface area contributed by atoms with Crippen LogP contribution in [-0.4, -0.2) is 19.2 Å². The first-order valence-electron chi connectivity index (χ1n) is 11.6. The van der Waals surface area contributed by atoms with Crippen molar-refractivity contribution in [3.8, 4) is 0 Å². The van der Waals surface area contributed by atoms with Gasteiger partial charge in [-0.3, -0.25) is 0 Å². The van der Waals surface area contributed by atoms with Gasteiger partial charge in [-0.15, -0.1) is 0 Å². The maximum Gasteiger partial charge on any atom is 0.466 e. The average Bonchev–Trinajstić information content (AvgIpc) is 3.03. The van der Waals surface area contributed by atoms with Crippen molar-refractivity contribution in [3.63, 3.8) is 0 Å². The maximum absolute atomic E-state index is 10.7. The van der Waals surface area contributed by atoms with Crippen molar-refractivity contribution >= 4 is 15.6 Å². The van der Waals surface area contributed by atoms with Crippen molar-refractivity contribution < 1.29 is 49.0 Å². The number of halogens is 6. The largest absolute Gasteiger partial charge is 0.466 e. The third-order valence-corrected chi connectivity index (χ3v) is 4.59. The van der Waals surface area contributed by atoms with Gasteiger partial charge in [-0.2, -0.15) is 0 Å². The number of rotatable bonds is 15. The van der Waals surface area contributed by atoms with Crippen molar-refractivity contribution in [2.75, 3.05) is 0 Å². The van der Waals surface area contributed by atoms with E-state index in [0.717, 1.165) is 0 Å². The van der Waals surface area contributed by atoms with Crippen molar-refractivity contribution in [2.45, 2.75) is 103 Å². The monoisotopic (exact) mass is 550 g/mol. The quantitative estimate of drug-likeness (QED) is 0.0888. The van der Waals surface area contributed by atoms with E-state index >= 15 is 0 Å². The molecule has 0 radical (unpaired) electrons. The molecule has 0 fully saturated rings. The minimum atomic E-state index is -10.7. The fourth-order valence-electron chi connectivity index (χ4n) is 3.12. The first-order valence-corrected chi connectivity index (χ1v) is 15.2. The number of unbranched alkanes of at least 4 members (excludes halogenated alkanes) is 13. The SMILES string of the molecule is CCCCCCCCCCCCCCCCn1cc[n+](C)c1.F[P-](F)(F)(F)(F)F.O=P(O)(O)O. The Morgan fingerprint density at radius 1 is 0.735 bits per heavy atom. The van der Waals surface area contributed by atoms with Gasteiger partial charge in [0.2, 0.25) is 6.33 Å². The van der Waals surface area contributed by atoms with E-state index < -0.39 is 15.6 Å². The average molecular weight is 551 g/mol. The fourth-order valence-corrected chi connectivity index (χ4v) is 3.12. The summed E-state index contributed by atoms with van der Waals surface area (Å²) in [5, 5.41) is 0. The summed E-state index contributed by atoms with van der Waals surface area (Å²) >= 11 is 0. The number of aryl methyl sites for hydroxylation is 2. The van der Waals surface area contributed by atoms with Gasteiger partial charge in [-0.25, -0.2) is 13.7 Å². The van der Waals surface area contributed by atoms with E-state index in [4.69, 9.17) is 19.2 Å². The Morgan fingerprint density at radius 3 is 1.29 bits per heavy atom. The van der Waals surface area contributed by atoms with E-state index in [-0.39, 0.29) is 0 Å². The van der Waals surface area contributed by atoms with Crippen molar-refractivity contribution in [1.82, 2.24) is 4.57 Å². The number of phosphoric acid groups is 1. The van der Waals surface area contributed by atoms with Crippen LogP contribution >= 0.6 is 15.6 Å². The van der Waals surface area contributed by atoms with Crippen molar-refractivity contribution in [3.05, 3.63) is 18.7 Å². The summed E-state index contributed by atoms with van der Waals surface area (Å²) in [6, 6.07) is 0. The van der Waals surface area contributed by atoms with Gasteiger partial charge < -0.3 is 14.7 Å². The number of aromatic nitrogens is 2. The van der Waals surface area contributed by atoms with Gasteiger partial charge in [0, 0.05) is 0 Å². The molecule has 0 aliphatic heterocycles. The van der Waals surface area contributed by atoms with Gasteiger partial charge in [0.05, 0.1) is 13.6 Å². The topological polar surface area (TPSA) is 86.6 Å². The molecule has 3 N–H and O–H groups in total. The first-order chi connectivity index (χ1) is 15.3. The molecular weight excluding hydrogens is 508 g/mol. The van der Waals surface area contributed by atoms with Crippen LogP contribution in [0.5, 0.6) is 0 Å². The zero-order valence-corrected chi connectivity index (χ0v) is 21.9. The first kappa shape index (κ1) is 35.5. The van der Waals surface area contributed by atoms with Crippen molar-refractivity contribution in [2.24, 2.45) is 7.05 Å². The molecule has 0 saturated carbocycles. The predicted molar refractivity (Wildman–Crippen MR) is 124 cm³/mol. The summed E-state index contributed by atoms with van der Waals surface area (Å²) in [5.74, 6) is 0. The normalized spacial score (nSPS) is 13.7. The molecule has 0 saturated heterocycles. The Morgan fingerprint density at radius 2 is 1.03 bits per heavy atom. The molecule has 1 rings (SSSR count). The molecule has 0 amide bonds. The third kappa shape index (κ3) is 48.7. The number of hydrogen-bond acceptors (Lipinski definition) is 1. The molecular formula is C20H42F6N2O4P2. The second-order valence-corrected chi connectivity index (χ2v) is 11.3. The van der Waals surface area contributed by atoms with E-state index in [2.05, 4.69) is 41.8 Å². The molecule has 34 heavy (non-hydrogen) atoms. The van der Waals surface area contributed by atoms with E-state index in [0.29, 0.717) is 0 Å². The molecule has 0 aromatic carbocycles. The summed E-state index contributed by atoms with van der Waals surface area (Å²) in [4.78, 5) is 21.6. The summed E-state index contributed by atoms with van der Waals surface area (Å²) in [7, 11) is -13.2. The molecule has 0 aliphatic rings. The van der Waals surface area contributed by atoms with Crippen LogP contribution in [0.1, 0.15) is 96.8 Å². The zero-order chi connectivity index (χ0) is 26.8. The molecule has 1 aromatic rings. The van der Waals surface area contributed by atoms with Gasteiger partial charge in [0.25, 0.3) is 0 Å². The number of imidazole rings is 1. The van der Waals surface area contributed by atoms with Crippen LogP contribution in [0.25, 0.3) is 0 Å². The molecule has 208 valence electrons. The van der Waals surface area contributed by atoms with E-state index in [9.17, 15) is 25.2 Å². The minimum absolute atomic E-state index is 1.18. The van der Waals surface area contributed by atoms with Gasteiger partial charge in [0.1, 0.15) is 12.4 Å². The van der Waals surface area contributed by atoms with Gasteiger partial charge in [-0.05, 0) is 12.8 Å². The molecule has 14 heteroatoms. The minimum Gasteiger partial charge on any atom is -0.303 e. The fraction of sp³-hybridized carbons (Fsp3) is 0.850. The predicted octanol–water partition coefficient (Wildman–Crippen LogP) is 8.25. The zero-order valence-electron chi connectivity index (χ0n) is 20.1. The molecule has 0 atom stereocenters. The Labute approximate surface area is 198 Å². The van der Waals surface area contributed by atoms with Crippen LogP contribution < -0.4 is 4.57 Å². The van der Waals surface area contributed by atoms with Gasteiger partial charge in [0.15, 0.2) is 0 Å². The standard InChI is InChI=1S/C20H39N2.F6P.H3O4P/c1-3-4-5-6-7-8-9-10-11-12-13-14-15-16-17-22-19-18-21(2)20-22;1-7(2,3,4,5)6;1-5(2,3)4/h18-20H,3-17H2,1-2H3;;(H3,1,2,3,4)/q+1;-1;. The molecule has 0 bridgehead atoms. The third-order valence-electron chi connectivity index (χ3n) is 4.59. The van der Waals surface area contributed by atoms with Crippen LogP contribution in [0, 0.1) is 0 Å². The Kier molecular flexibility index (Phi) is 16.9. The van der Waals surface area contributed by atoms with Crippen LogP contribution in [0.4, 0.5) is 25.2 Å². The Bertz CT molecular complexity index is 662. The van der Waals surface area contributed by atoms with E-state index in [1.807, 2.05) is 0 Å². The van der Waals surface area contributed by atoms with Crippen LogP contribution in [0.2, 0.25) is 0 Å². The van der Waals surface area contributed by atoms with Gasteiger partial charge in [-0.1, -0.05) is 84.0 Å². The molecule has 6 nitrogen and oxygen atoms in total. The molecule has 0 aliphatic carbocycles. The van der Waals surface area contributed by atoms with E-state index in [1.165, 1.54) is 96.4 Å². The van der Waals surface area contributed by atoms with Gasteiger partial charge >= 0.3 is 40.8 Å². The molecule has 1 aromatic heterocycles. The molecule has 1 heterocycles. The van der Waals surface area contributed by atoms with Crippen molar-refractivity contribution in [1.29, 1.82) is 0 Å². The maximum atomic E-state index is 9.87. The number of nitrogens with zero attached hydrogens (tertiary/aromatic N) is 2. The second-order valence-electron chi connectivity index (χ2n) is 8.38. The van der Waals surface area contributed by atoms with Crippen LogP contribution in [-0.2, 0) is 18.2 Å². The summed E-state index contributed by atoms with van der Waals surface area (Å²) in [5.41, 5.74) is 0.